The Kier molecular flexibility index (Phi) is 5.13. The molecule has 2 aliphatic rings. The molecule has 0 aliphatic carbocycles. The number of nitriles is 1. The van der Waals surface area contributed by atoms with E-state index in [2.05, 4.69) is 31.9 Å². The van der Waals surface area contributed by atoms with E-state index in [0.717, 1.165) is 23.9 Å². The Bertz CT molecular complexity index is 625. The molecule has 0 bridgehead atoms. The standard InChI is InChI=1S/C16H19BrN4O2/c17-14-8-13(9-18)15(19-10-14)21-3-1-2-12(11-21)16(22)20-4-6-23-7-5-20/h8,10,12H,1-7,11H2. The lowest BCUT2D eigenvalue weighted by atomic mass is 9.96. The van der Waals surface area contributed by atoms with Crippen LogP contribution in [0.1, 0.15) is 18.4 Å². The second-order valence-electron chi connectivity index (χ2n) is 5.86. The molecule has 23 heavy (non-hydrogen) atoms. The van der Waals surface area contributed by atoms with Gasteiger partial charge in [0.05, 0.1) is 24.7 Å². The van der Waals surface area contributed by atoms with Crippen LogP contribution in [0.4, 0.5) is 5.82 Å². The Morgan fingerprint density at radius 2 is 2.17 bits per heavy atom. The molecular weight excluding hydrogens is 360 g/mol. The molecule has 1 aromatic rings. The Hall–Kier alpha value is -1.65. The first-order chi connectivity index (χ1) is 11.2. The van der Waals surface area contributed by atoms with E-state index in [0.29, 0.717) is 44.2 Å². The average Bonchev–Trinajstić information content (AvgIpc) is 2.61. The maximum absolute atomic E-state index is 12.7. The summed E-state index contributed by atoms with van der Waals surface area (Å²) < 4.78 is 6.10. The van der Waals surface area contributed by atoms with Crippen molar-refractivity contribution in [1.82, 2.24) is 9.88 Å². The van der Waals surface area contributed by atoms with Gasteiger partial charge in [-0.25, -0.2) is 4.98 Å². The number of piperidine rings is 1. The van der Waals surface area contributed by atoms with Gasteiger partial charge in [0.15, 0.2) is 0 Å². The Morgan fingerprint density at radius 1 is 1.39 bits per heavy atom. The fraction of sp³-hybridized carbons (Fsp3) is 0.562. The number of carbonyl (C=O) groups is 1. The third-order valence-corrected chi connectivity index (χ3v) is 4.78. The molecule has 0 N–H and O–H groups in total. The van der Waals surface area contributed by atoms with Crippen LogP contribution in [0.5, 0.6) is 0 Å². The van der Waals surface area contributed by atoms with E-state index in [-0.39, 0.29) is 11.8 Å². The number of morpholine rings is 1. The van der Waals surface area contributed by atoms with Gasteiger partial charge in [-0.2, -0.15) is 5.26 Å². The average molecular weight is 379 g/mol. The number of pyridine rings is 1. The van der Waals surface area contributed by atoms with E-state index in [4.69, 9.17) is 4.74 Å². The van der Waals surface area contributed by atoms with Crippen LogP contribution in [0.15, 0.2) is 16.7 Å². The number of rotatable bonds is 2. The van der Waals surface area contributed by atoms with Gasteiger partial charge in [-0.05, 0) is 34.8 Å². The fourth-order valence-corrected chi connectivity index (χ4v) is 3.51. The molecule has 7 heteroatoms. The van der Waals surface area contributed by atoms with Crippen LogP contribution in [0, 0.1) is 17.2 Å². The van der Waals surface area contributed by atoms with Crippen molar-refractivity contribution in [2.24, 2.45) is 5.92 Å². The van der Waals surface area contributed by atoms with E-state index in [1.54, 1.807) is 12.3 Å². The lowest BCUT2D eigenvalue weighted by molar-refractivity contribution is -0.139. The van der Waals surface area contributed by atoms with Gasteiger partial charge in [0.1, 0.15) is 11.9 Å². The first-order valence-electron chi connectivity index (χ1n) is 7.86. The summed E-state index contributed by atoms with van der Waals surface area (Å²) in [5.74, 6) is 0.850. The molecule has 0 saturated carbocycles. The van der Waals surface area contributed by atoms with Crippen LogP contribution >= 0.6 is 15.9 Å². The number of hydrogen-bond acceptors (Lipinski definition) is 5. The first kappa shape index (κ1) is 16.2. The molecule has 0 radical (unpaired) electrons. The van der Waals surface area contributed by atoms with Crippen molar-refractivity contribution in [3.8, 4) is 6.07 Å². The summed E-state index contributed by atoms with van der Waals surface area (Å²) in [5, 5.41) is 9.33. The largest absolute Gasteiger partial charge is 0.378 e. The molecule has 2 saturated heterocycles. The molecular formula is C16H19BrN4O2. The number of anilines is 1. The molecule has 122 valence electrons. The predicted molar refractivity (Wildman–Crippen MR) is 89.0 cm³/mol. The van der Waals surface area contributed by atoms with Crippen LogP contribution in [0.3, 0.4) is 0 Å². The van der Waals surface area contributed by atoms with Crippen LogP contribution in [0.2, 0.25) is 0 Å². The van der Waals surface area contributed by atoms with Gasteiger partial charge >= 0.3 is 0 Å². The lowest BCUT2D eigenvalue weighted by Gasteiger charge is -2.36. The molecule has 3 rings (SSSR count). The van der Waals surface area contributed by atoms with E-state index in [9.17, 15) is 10.1 Å². The zero-order chi connectivity index (χ0) is 16.2. The van der Waals surface area contributed by atoms with E-state index >= 15 is 0 Å². The summed E-state index contributed by atoms with van der Waals surface area (Å²) in [6.07, 6.45) is 3.53. The van der Waals surface area contributed by atoms with Gasteiger partial charge < -0.3 is 14.5 Å². The molecule has 0 spiro atoms. The normalized spacial score (nSPS) is 21.8. The highest BCUT2D eigenvalue weighted by atomic mass is 79.9. The van der Waals surface area contributed by atoms with Crippen molar-refractivity contribution in [2.45, 2.75) is 12.8 Å². The maximum Gasteiger partial charge on any atom is 0.227 e. The molecule has 1 unspecified atom stereocenters. The number of nitrogens with zero attached hydrogens (tertiary/aromatic N) is 4. The summed E-state index contributed by atoms with van der Waals surface area (Å²) in [5.41, 5.74) is 0.541. The van der Waals surface area contributed by atoms with Gasteiger partial charge in [0, 0.05) is 36.8 Å². The highest BCUT2D eigenvalue weighted by Gasteiger charge is 2.31. The number of carbonyl (C=O) groups excluding carboxylic acids is 1. The summed E-state index contributed by atoms with van der Waals surface area (Å²) in [4.78, 5) is 21.0. The smallest absolute Gasteiger partial charge is 0.227 e. The second kappa shape index (κ2) is 7.28. The van der Waals surface area contributed by atoms with E-state index in [1.807, 2.05) is 4.90 Å². The van der Waals surface area contributed by atoms with Gasteiger partial charge in [-0.3, -0.25) is 4.79 Å². The highest BCUT2D eigenvalue weighted by Crippen LogP contribution is 2.27. The summed E-state index contributed by atoms with van der Waals surface area (Å²) in [6.45, 7) is 4.05. The number of amides is 1. The summed E-state index contributed by atoms with van der Waals surface area (Å²) in [7, 11) is 0. The number of ether oxygens (including phenoxy) is 1. The SMILES string of the molecule is N#Cc1cc(Br)cnc1N1CCCC(C(=O)N2CCOCC2)C1. The second-order valence-corrected chi connectivity index (χ2v) is 6.78. The molecule has 1 atom stereocenters. The third kappa shape index (κ3) is 3.65. The molecule has 0 aromatic carbocycles. The van der Waals surface area contributed by atoms with Gasteiger partial charge in [0.2, 0.25) is 5.91 Å². The van der Waals surface area contributed by atoms with Crippen LogP contribution in [-0.2, 0) is 9.53 Å². The van der Waals surface area contributed by atoms with Crippen LogP contribution < -0.4 is 4.90 Å². The minimum Gasteiger partial charge on any atom is -0.378 e. The van der Waals surface area contributed by atoms with E-state index in [1.165, 1.54) is 0 Å². The number of hydrogen-bond donors (Lipinski definition) is 0. The summed E-state index contributed by atoms with van der Waals surface area (Å²) in [6, 6.07) is 3.97. The van der Waals surface area contributed by atoms with E-state index < -0.39 is 0 Å². The van der Waals surface area contributed by atoms with Crippen molar-refractivity contribution >= 4 is 27.7 Å². The third-order valence-electron chi connectivity index (χ3n) is 4.35. The number of halogens is 1. The molecule has 1 aromatic heterocycles. The van der Waals surface area contributed by atoms with Gasteiger partial charge in [-0.1, -0.05) is 0 Å². The highest BCUT2D eigenvalue weighted by molar-refractivity contribution is 9.10. The summed E-state index contributed by atoms with van der Waals surface area (Å²) >= 11 is 3.34. The van der Waals surface area contributed by atoms with Crippen LogP contribution in [-0.4, -0.2) is 55.2 Å². The van der Waals surface area contributed by atoms with Gasteiger partial charge in [0.25, 0.3) is 0 Å². The van der Waals surface area contributed by atoms with Crippen molar-refractivity contribution in [3.05, 3.63) is 22.3 Å². The first-order valence-corrected chi connectivity index (χ1v) is 8.65. The fourth-order valence-electron chi connectivity index (χ4n) is 3.18. The predicted octanol–water partition coefficient (Wildman–Crippen LogP) is 1.79. The minimum absolute atomic E-state index is 0.0289. The monoisotopic (exact) mass is 378 g/mol. The van der Waals surface area contributed by atoms with Crippen molar-refractivity contribution in [3.63, 3.8) is 0 Å². The molecule has 2 fully saturated rings. The van der Waals surface area contributed by atoms with Gasteiger partial charge in [-0.15, -0.1) is 0 Å². The molecule has 6 nitrogen and oxygen atoms in total. The lowest BCUT2D eigenvalue weighted by Crippen LogP contribution is -2.48. The Labute approximate surface area is 144 Å². The van der Waals surface area contributed by atoms with Crippen LogP contribution in [0.25, 0.3) is 0 Å². The Morgan fingerprint density at radius 3 is 2.91 bits per heavy atom. The maximum atomic E-state index is 12.7. The topological polar surface area (TPSA) is 69.5 Å². The molecule has 1 amide bonds. The quantitative estimate of drug-likeness (QED) is 0.784. The minimum atomic E-state index is -0.0289. The van der Waals surface area contributed by atoms with Crippen molar-refractivity contribution in [1.29, 1.82) is 5.26 Å². The molecule has 3 heterocycles. The Balaban J connectivity index is 1.73. The van der Waals surface area contributed by atoms with Crippen molar-refractivity contribution in [2.75, 3.05) is 44.3 Å². The molecule has 2 aliphatic heterocycles. The number of aromatic nitrogens is 1. The zero-order valence-corrected chi connectivity index (χ0v) is 14.5. The van der Waals surface area contributed by atoms with Crippen molar-refractivity contribution < 1.29 is 9.53 Å². The zero-order valence-electron chi connectivity index (χ0n) is 12.9.